The van der Waals surface area contributed by atoms with E-state index in [1.807, 2.05) is 11.8 Å². The molecule has 0 atom stereocenters. The van der Waals surface area contributed by atoms with Crippen molar-refractivity contribution in [3.8, 4) is 0 Å². The highest BCUT2D eigenvalue weighted by Gasteiger charge is 2.31. The molecule has 0 spiro atoms. The van der Waals surface area contributed by atoms with Crippen LogP contribution in [0.2, 0.25) is 0 Å². The lowest BCUT2D eigenvalue weighted by Crippen LogP contribution is -2.30. The third-order valence-corrected chi connectivity index (χ3v) is 2.48. The molecular weight excluding hydrogens is 162 g/mol. The van der Waals surface area contributed by atoms with Gasteiger partial charge in [-0.15, -0.1) is 0 Å². The maximum absolute atomic E-state index is 11.6. The Bertz CT molecular complexity index is 230. The van der Waals surface area contributed by atoms with Crippen molar-refractivity contribution in [1.29, 1.82) is 0 Å². The van der Waals surface area contributed by atoms with Gasteiger partial charge in [0.05, 0.1) is 0 Å². The molecule has 0 bridgehead atoms. The number of carbonyl (C=O) groups is 1. The molecule has 74 valence electrons. The van der Waals surface area contributed by atoms with E-state index in [-0.39, 0.29) is 5.91 Å². The van der Waals surface area contributed by atoms with Gasteiger partial charge >= 0.3 is 0 Å². The fraction of sp³-hybridized carbons (Fsp3) is 0.727. The molecule has 0 radical (unpaired) electrons. The second-order valence-electron chi connectivity index (χ2n) is 4.86. The first-order chi connectivity index (χ1) is 5.91. The molecule has 0 aliphatic carbocycles. The Kier molecular flexibility index (Phi) is 2.79. The first kappa shape index (κ1) is 10.3. The minimum atomic E-state index is 0.234. The molecule has 0 N–H and O–H groups in total. The zero-order chi connectivity index (χ0) is 10.1. The van der Waals surface area contributed by atoms with Gasteiger partial charge in [-0.05, 0) is 18.8 Å². The monoisotopic (exact) mass is 181 g/mol. The summed E-state index contributed by atoms with van der Waals surface area (Å²) >= 11 is 0. The van der Waals surface area contributed by atoms with E-state index in [4.69, 9.17) is 0 Å². The lowest BCUT2D eigenvalue weighted by molar-refractivity contribution is -0.129. The van der Waals surface area contributed by atoms with E-state index in [1.54, 1.807) is 0 Å². The average Bonchev–Trinajstić information content (AvgIpc) is 2.28. The van der Waals surface area contributed by atoms with E-state index < -0.39 is 0 Å². The van der Waals surface area contributed by atoms with Crippen molar-refractivity contribution in [3.05, 3.63) is 12.2 Å². The molecule has 1 amide bonds. The predicted octanol–water partition coefficient (Wildman–Crippen LogP) is 2.21. The Balaban J connectivity index is 2.47. The number of likely N-dealkylation sites (tertiary alicyclic amines) is 1. The standard InChI is InChI=1S/C11H19NO/c1-9(2)7-10(13)12-6-5-11(3,4)8-12/h1,5-8H2,2-4H3. The van der Waals surface area contributed by atoms with Crippen LogP contribution in [0.4, 0.5) is 0 Å². The smallest absolute Gasteiger partial charge is 0.226 e. The molecule has 0 aromatic rings. The Morgan fingerprint density at radius 2 is 2.15 bits per heavy atom. The van der Waals surface area contributed by atoms with Gasteiger partial charge in [-0.25, -0.2) is 0 Å². The molecule has 1 fully saturated rings. The zero-order valence-electron chi connectivity index (χ0n) is 8.89. The number of hydrogen-bond donors (Lipinski definition) is 0. The van der Waals surface area contributed by atoms with Crippen molar-refractivity contribution in [3.63, 3.8) is 0 Å². The van der Waals surface area contributed by atoms with Crippen LogP contribution in [0.5, 0.6) is 0 Å². The molecule has 2 nitrogen and oxygen atoms in total. The largest absolute Gasteiger partial charge is 0.342 e. The highest BCUT2D eigenvalue weighted by Crippen LogP contribution is 2.29. The van der Waals surface area contributed by atoms with Crippen LogP contribution in [0.15, 0.2) is 12.2 Å². The summed E-state index contributed by atoms with van der Waals surface area (Å²) in [6, 6.07) is 0. The summed E-state index contributed by atoms with van der Waals surface area (Å²) in [6.07, 6.45) is 1.63. The summed E-state index contributed by atoms with van der Waals surface area (Å²) in [5, 5.41) is 0. The topological polar surface area (TPSA) is 20.3 Å². The zero-order valence-corrected chi connectivity index (χ0v) is 8.89. The van der Waals surface area contributed by atoms with Gasteiger partial charge in [0.1, 0.15) is 0 Å². The van der Waals surface area contributed by atoms with E-state index >= 15 is 0 Å². The second-order valence-corrected chi connectivity index (χ2v) is 4.86. The first-order valence-electron chi connectivity index (χ1n) is 4.83. The second kappa shape index (κ2) is 3.52. The van der Waals surface area contributed by atoms with Gasteiger partial charge in [-0.2, -0.15) is 0 Å². The molecular formula is C11H19NO. The van der Waals surface area contributed by atoms with Crippen LogP contribution in [0.1, 0.15) is 33.6 Å². The van der Waals surface area contributed by atoms with E-state index in [0.29, 0.717) is 11.8 Å². The number of hydrogen-bond acceptors (Lipinski definition) is 1. The number of carbonyl (C=O) groups excluding carboxylic acids is 1. The summed E-state index contributed by atoms with van der Waals surface area (Å²) in [6.45, 7) is 11.9. The maximum Gasteiger partial charge on any atom is 0.226 e. The van der Waals surface area contributed by atoms with Crippen LogP contribution in [0.25, 0.3) is 0 Å². The third kappa shape index (κ3) is 2.87. The van der Waals surface area contributed by atoms with E-state index in [0.717, 1.165) is 25.1 Å². The molecule has 0 unspecified atom stereocenters. The van der Waals surface area contributed by atoms with Crippen molar-refractivity contribution in [2.24, 2.45) is 5.41 Å². The van der Waals surface area contributed by atoms with Gasteiger partial charge in [-0.1, -0.05) is 26.0 Å². The summed E-state index contributed by atoms with van der Waals surface area (Å²) < 4.78 is 0. The van der Waals surface area contributed by atoms with Gasteiger partial charge in [0, 0.05) is 19.5 Å². The minimum Gasteiger partial charge on any atom is -0.342 e. The summed E-state index contributed by atoms with van der Waals surface area (Å²) in [7, 11) is 0. The fourth-order valence-electron chi connectivity index (χ4n) is 1.70. The molecule has 1 aliphatic heterocycles. The highest BCUT2D eigenvalue weighted by molar-refractivity contribution is 5.78. The summed E-state index contributed by atoms with van der Waals surface area (Å²) in [5.74, 6) is 0.234. The van der Waals surface area contributed by atoms with Crippen molar-refractivity contribution in [1.82, 2.24) is 4.90 Å². The minimum absolute atomic E-state index is 0.234. The highest BCUT2D eigenvalue weighted by atomic mass is 16.2. The SMILES string of the molecule is C=C(C)CC(=O)N1CCC(C)(C)C1. The lowest BCUT2D eigenvalue weighted by atomic mass is 9.93. The van der Waals surface area contributed by atoms with Gasteiger partial charge in [-0.3, -0.25) is 4.79 Å². The fourth-order valence-corrected chi connectivity index (χ4v) is 1.70. The lowest BCUT2D eigenvalue weighted by Gasteiger charge is -2.19. The van der Waals surface area contributed by atoms with Crippen LogP contribution in [0, 0.1) is 5.41 Å². The van der Waals surface area contributed by atoms with Crippen molar-refractivity contribution in [2.75, 3.05) is 13.1 Å². The molecule has 1 rings (SSSR count). The first-order valence-corrected chi connectivity index (χ1v) is 4.83. The number of amides is 1. The van der Waals surface area contributed by atoms with Crippen LogP contribution in [-0.2, 0) is 4.79 Å². The van der Waals surface area contributed by atoms with Crippen LogP contribution in [0.3, 0.4) is 0 Å². The Morgan fingerprint density at radius 1 is 1.54 bits per heavy atom. The van der Waals surface area contributed by atoms with Crippen LogP contribution < -0.4 is 0 Å². The molecule has 0 saturated carbocycles. The molecule has 1 heterocycles. The quantitative estimate of drug-likeness (QED) is 0.598. The molecule has 0 aromatic carbocycles. The van der Waals surface area contributed by atoms with E-state index in [1.165, 1.54) is 0 Å². The van der Waals surface area contributed by atoms with Gasteiger partial charge in [0.15, 0.2) is 0 Å². The van der Waals surface area contributed by atoms with E-state index in [9.17, 15) is 4.79 Å². The Hall–Kier alpha value is -0.790. The summed E-state index contributed by atoms with van der Waals surface area (Å²) in [5.41, 5.74) is 1.26. The third-order valence-electron chi connectivity index (χ3n) is 2.48. The number of rotatable bonds is 2. The molecule has 2 heteroatoms. The normalized spacial score (nSPS) is 20.4. The Labute approximate surface area is 80.6 Å². The maximum atomic E-state index is 11.6. The average molecular weight is 181 g/mol. The van der Waals surface area contributed by atoms with Crippen molar-refractivity contribution >= 4 is 5.91 Å². The molecule has 0 aromatic heterocycles. The number of nitrogens with zero attached hydrogens (tertiary/aromatic N) is 1. The van der Waals surface area contributed by atoms with Gasteiger partial charge < -0.3 is 4.90 Å². The molecule has 1 aliphatic rings. The van der Waals surface area contributed by atoms with E-state index in [2.05, 4.69) is 20.4 Å². The van der Waals surface area contributed by atoms with Gasteiger partial charge in [0.25, 0.3) is 0 Å². The van der Waals surface area contributed by atoms with Crippen molar-refractivity contribution in [2.45, 2.75) is 33.6 Å². The molecule has 13 heavy (non-hydrogen) atoms. The molecule has 1 saturated heterocycles. The Morgan fingerprint density at radius 3 is 2.54 bits per heavy atom. The van der Waals surface area contributed by atoms with Crippen LogP contribution in [-0.4, -0.2) is 23.9 Å². The predicted molar refractivity (Wildman–Crippen MR) is 54.4 cm³/mol. The summed E-state index contributed by atoms with van der Waals surface area (Å²) in [4.78, 5) is 13.6. The van der Waals surface area contributed by atoms with Gasteiger partial charge in [0.2, 0.25) is 5.91 Å². The van der Waals surface area contributed by atoms with Crippen LogP contribution >= 0.6 is 0 Å². The van der Waals surface area contributed by atoms with Crippen molar-refractivity contribution < 1.29 is 4.79 Å².